The van der Waals surface area contributed by atoms with Gasteiger partial charge in [-0.2, -0.15) is 0 Å². The van der Waals surface area contributed by atoms with Gasteiger partial charge in [0.2, 0.25) is 5.91 Å². The Kier molecular flexibility index (Phi) is 5.51. The second-order valence-corrected chi connectivity index (χ2v) is 7.18. The molecule has 3 atom stereocenters. The summed E-state index contributed by atoms with van der Waals surface area (Å²) in [7, 11) is 0. The maximum Gasteiger partial charge on any atom is 0.237 e. The molecule has 132 valence electrons. The number of amides is 1. The van der Waals surface area contributed by atoms with E-state index in [0.717, 1.165) is 38.0 Å². The van der Waals surface area contributed by atoms with Crippen LogP contribution in [-0.4, -0.2) is 54.0 Å². The van der Waals surface area contributed by atoms with Gasteiger partial charge in [0, 0.05) is 37.8 Å². The Bertz CT molecular complexity index is 569. The van der Waals surface area contributed by atoms with Crippen molar-refractivity contribution in [2.24, 2.45) is 0 Å². The number of carbonyl (C=O) groups is 1. The second kappa shape index (κ2) is 7.62. The van der Waals surface area contributed by atoms with Gasteiger partial charge in [-0.3, -0.25) is 9.69 Å². The van der Waals surface area contributed by atoms with Crippen LogP contribution in [0.4, 0.5) is 4.39 Å². The lowest BCUT2D eigenvalue weighted by molar-refractivity contribution is -0.139. The number of hydrogen-bond acceptors (Lipinski definition) is 3. The Morgan fingerprint density at radius 2 is 2.04 bits per heavy atom. The average Bonchev–Trinajstić information content (AvgIpc) is 2.55. The molecule has 24 heavy (non-hydrogen) atoms. The van der Waals surface area contributed by atoms with Crippen molar-refractivity contribution in [3.05, 3.63) is 35.6 Å². The molecule has 2 aliphatic rings. The highest BCUT2D eigenvalue weighted by Crippen LogP contribution is 2.26. The molecule has 1 amide bonds. The number of piperazine rings is 1. The van der Waals surface area contributed by atoms with Gasteiger partial charge in [0.25, 0.3) is 0 Å². The monoisotopic (exact) mass is 333 g/mol. The molecule has 2 saturated heterocycles. The number of nitrogens with zero attached hydrogens (tertiary/aromatic N) is 2. The van der Waals surface area contributed by atoms with Crippen LogP contribution in [0.25, 0.3) is 0 Å². The quantitative estimate of drug-likeness (QED) is 0.923. The molecular weight excluding hydrogens is 305 g/mol. The minimum Gasteiger partial charge on any atom is -0.336 e. The molecule has 0 bridgehead atoms. The van der Waals surface area contributed by atoms with Crippen molar-refractivity contribution in [1.82, 2.24) is 15.1 Å². The van der Waals surface area contributed by atoms with E-state index >= 15 is 0 Å². The van der Waals surface area contributed by atoms with Crippen LogP contribution in [-0.2, 0) is 4.79 Å². The van der Waals surface area contributed by atoms with E-state index in [1.54, 1.807) is 12.1 Å². The molecule has 4 nitrogen and oxygen atoms in total. The van der Waals surface area contributed by atoms with E-state index in [2.05, 4.69) is 29.0 Å². The lowest BCUT2D eigenvalue weighted by atomic mass is 9.97. The Hall–Kier alpha value is -1.46. The van der Waals surface area contributed by atoms with Crippen molar-refractivity contribution in [2.75, 3.05) is 26.2 Å². The molecule has 2 heterocycles. The third-order valence-electron chi connectivity index (χ3n) is 5.41. The van der Waals surface area contributed by atoms with Crippen molar-refractivity contribution in [2.45, 2.75) is 51.2 Å². The zero-order chi connectivity index (χ0) is 17.1. The molecule has 1 aromatic carbocycles. The topological polar surface area (TPSA) is 35.6 Å². The van der Waals surface area contributed by atoms with E-state index in [4.69, 9.17) is 0 Å². The van der Waals surface area contributed by atoms with Crippen molar-refractivity contribution < 1.29 is 9.18 Å². The predicted molar refractivity (Wildman–Crippen MR) is 93.2 cm³/mol. The van der Waals surface area contributed by atoms with Gasteiger partial charge in [-0.15, -0.1) is 0 Å². The van der Waals surface area contributed by atoms with E-state index in [0.29, 0.717) is 18.6 Å². The highest BCUT2D eigenvalue weighted by molar-refractivity contribution is 5.79. The maximum atomic E-state index is 13.6. The lowest BCUT2D eigenvalue weighted by Crippen LogP contribution is -2.54. The predicted octanol–water partition coefficient (Wildman–Crippen LogP) is 2.56. The molecule has 2 fully saturated rings. The molecule has 0 aliphatic carbocycles. The van der Waals surface area contributed by atoms with Gasteiger partial charge >= 0.3 is 0 Å². The molecule has 2 aliphatic heterocycles. The number of benzene rings is 1. The molecule has 1 aromatic rings. The molecule has 0 saturated carbocycles. The summed E-state index contributed by atoms with van der Waals surface area (Å²) in [6.45, 7) is 7.14. The SMILES string of the molecule is CC1CCCC(C)N1C(=O)CN1CCNCC1c1cccc(F)c1. The molecule has 1 N–H and O–H groups in total. The van der Waals surface area contributed by atoms with E-state index in [-0.39, 0.29) is 17.8 Å². The van der Waals surface area contributed by atoms with Crippen molar-refractivity contribution in [3.8, 4) is 0 Å². The zero-order valence-corrected chi connectivity index (χ0v) is 14.7. The van der Waals surface area contributed by atoms with Crippen LogP contribution in [0.1, 0.15) is 44.7 Å². The fourth-order valence-electron chi connectivity index (χ4n) is 4.15. The Labute approximate surface area is 144 Å². The first-order valence-corrected chi connectivity index (χ1v) is 9.07. The first-order chi connectivity index (χ1) is 11.6. The van der Waals surface area contributed by atoms with Gasteiger partial charge < -0.3 is 10.2 Å². The summed E-state index contributed by atoms with van der Waals surface area (Å²) in [5.74, 6) is -0.0133. The third kappa shape index (κ3) is 3.78. The van der Waals surface area contributed by atoms with Crippen LogP contribution in [0.15, 0.2) is 24.3 Å². The standard InChI is InChI=1S/C19H28FN3O/c1-14-5-3-6-15(2)23(14)19(24)13-22-10-9-21-12-18(22)16-7-4-8-17(20)11-16/h4,7-8,11,14-15,18,21H,3,5-6,9-10,12-13H2,1-2H3. The molecule has 5 heteroatoms. The van der Waals surface area contributed by atoms with Crippen LogP contribution in [0.2, 0.25) is 0 Å². The molecule has 0 aromatic heterocycles. The van der Waals surface area contributed by atoms with Crippen molar-refractivity contribution in [1.29, 1.82) is 0 Å². The highest BCUT2D eigenvalue weighted by Gasteiger charge is 2.32. The number of halogens is 1. The van der Waals surface area contributed by atoms with Crippen LogP contribution < -0.4 is 5.32 Å². The second-order valence-electron chi connectivity index (χ2n) is 7.18. The third-order valence-corrected chi connectivity index (χ3v) is 5.41. The Balaban J connectivity index is 1.72. The van der Waals surface area contributed by atoms with Gasteiger partial charge in [-0.05, 0) is 50.8 Å². The largest absolute Gasteiger partial charge is 0.336 e. The lowest BCUT2D eigenvalue weighted by Gasteiger charge is -2.42. The molecule has 0 spiro atoms. The number of piperidine rings is 1. The number of rotatable bonds is 3. The number of hydrogen-bond donors (Lipinski definition) is 1. The summed E-state index contributed by atoms with van der Waals surface area (Å²) in [6, 6.07) is 7.42. The summed E-state index contributed by atoms with van der Waals surface area (Å²) in [4.78, 5) is 17.2. The first kappa shape index (κ1) is 17.4. The molecule has 0 radical (unpaired) electrons. The van der Waals surface area contributed by atoms with Crippen LogP contribution in [0, 0.1) is 5.82 Å². The minimum absolute atomic E-state index is 0.0498. The van der Waals surface area contributed by atoms with Crippen molar-refractivity contribution in [3.63, 3.8) is 0 Å². The van der Waals surface area contributed by atoms with Gasteiger partial charge in [0.05, 0.1) is 6.54 Å². The Morgan fingerprint density at radius 1 is 1.29 bits per heavy atom. The van der Waals surface area contributed by atoms with Gasteiger partial charge in [-0.1, -0.05) is 12.1 Å². The highest BCUT2D eigenvalue weighted by atomic mass is 19.1. The number of likely N-dealkylation sites (tertiary alicyclic amines) is 1. The zero-order valence-electron chi connectivity index (χ0n) is 14.7. The van der Waals surface area contributed by atoms with Crippen LogP contribution >= 0.6 is 0 Å². The van der Waals surface area contributed by atoms with E-state index in [1.165, 1.54) is 12.5 Å². The molecule has 3 unspecified atom stereocenters. The van der Waals surface area contributed by atoms with E-state index in [1.807, 2.05) is 6.07 Å². The average molecular weight is 333 g/mol. The van der Waals surface area contributed by atoms with Gasteiger partial charge in [0.15, 0.2) is 0 Å². The van der Waals surface area contributed by atoms with Crippen LogP contribution in [0.3, 0.4) is 0 Å². The summed E-state index contributed by atoms with van der Waals surface area (Å²) >= 11 is 0. The maximum absolute atomic E-state index is 13.6. The van der Waals surface area contributed by atoms with Crippen molar-refractivity contribution >= 4 is 5.91 Å². The molecule has 3 rings (SSSR count). The van der Waals surface area contributed by atoms with Gasteiger partial charge in [0.1, 0.15) is 5.82 Å². The summed E-state index contributed by atoms with van der Waals surface area (Å²) in [5.41, 5.74) is 0.940. The summed E-state index contributed by atoms with van der Waals surface area (Å²) in [6.07, 6.45) is 3.38. The minimum atomic E-state index is -0.220. The summed E-state index contributed by atoms with van der Waals surface area (Å²) in [5, 5.41) is 3.36. The first-order valence-electron chi connectivity index (χ1n) is 9.07. The van der Waals surface area contributed by atoms with Gasteiger partial charge in [-0.25, -0.2) is 4.39 Å². The normalized spacial score (nSPS) is 28.8. The van der Waals surface area contributed by atoms with E-state index < -0.39 is 0 Å². The molecular formula is C19H28FN3O. The van der Waals surface area contributed by atoms with Crippen LogP contribution in [0.5, 0.6) is 0 Å². The smallest absolute Gasteiger partial charge is 0.237 e. The fraction of sp³-hybridized carbons (Fsp3) is 0.632. The summed E-state index contributed by atoms with van der Waals surface area (Å²) < 4.78 is 13.6. The Morgan fingerprint density at radius 3 is 2.75 bits per heavy atom. The van der Waals surface area contributed by atoms with E-state index in [9.17, 15) is 9.18 Å². The number of carbonyl (C=O) groups excluding carboxylic acids is 1. The number of nitrogens with one attached hydrogen (secondary N) is 1. The fourth-order valence-corrected chi connectivity index (χ4v) is 4.15.